The molecule has 2 aromatic rings. The van der Waals surface area contributed by atoms with Gasteiger partial charge >= 0.3 is 6.09 Å². The molecule has 42 heavy (non-hydrogen) atoms. The van der Waals surface area contributed by atoms with Crippen molar-refractivity contribution in [3.63, 3.8) is 0 Å². The van der Waals surface area contributed by atoms with Crippen molar-refractivity contribution in [1.82, 2.24) is 10.6 Å². The van der Waals surface area contributed by atoms with Crippen LogP contribution in [0.15, 0.2) is 48.5 Å². The minimum Gasteiger partial charge on any atom is -0.494 e. The number of carbonyl (C=O) groups excluding carboxylic acids is 1. The topological polar surface area (TPSA) is 75.3 Å². The summed E-state index contributed by atoms with van der Waals surface area (Å²) < 4.78 is 16.2. The summed E-state index contributed by atoms with van der Waals surface area (Å²) in [4.78, 5) is 16.6. The largest absolute Gasteiger partial charge is 0.494 e. The van der Waals surface area contributed by atoms with Crippen molar-refractivity contribution in [2.45, 2.75) is 65.9 Å². The van der Waals surface area contributed by atoms with Gasteiger partial charge in [-0.05, 0) is 134 Å². The number of nitrogens with zero attached hydrogens (tertiary/aromatic N) is 2. The minimum atomic E-state index is -0.443. The predicted molar refractivity (Wildman–Crippen MR) is 173 cm³/mol. The number of hydrogen-bond donors (Lipinski definition) is 2. The molecule has 8 heteroatoms. The highest BCUT2D eigenvalue weighted by molar-refractivity contribution is 5.67. The Kier molecular flexibility index (Phi) is 13.6. The first kappa shape index (κ1) is 33.4. The Morgan fingerprint density at radius 3 is 1.50 bits per heavy atom. The van der Waals surface area contributed by atoms with Crippen LogP contribution in [-0.4, -0.2) is 71.2 Å². The highest BCUT2D eigenvalue weighted by Crippen LogP contribution is 2.26. The predicted octanol–water partition coefficient (Wildman–Crippen LogP) is 6.35. The van der Waals surface area contributed by atoms with Gasteiger partial charge in [-0.1, -0.05) is 0 Å². The van der Waals surface area contributed by atoms with Crippen molar-refractivity contribution in [3.05, 3.63) is 48.5 Å². The molecule has 234 valence electrons. The minimum absolute atomic E-state index is 0.323. The molecule has 4 rings (SSSR count). The molecule has 0 spiro atoms. The number of piperidine rings is 2. The summed E-state index contributed by atoms with van der Waals surface area (Å²) >= 11 is 0. The van der Waals surface area contributed by atoms with E-state index in [4.69, 9.17) is 14.2 Å². The zero-order valence-electron chi connectivity index (χ0n) is 26.8. The number of anilines is 2. The van der Waals surface area contributed by atoms with Crippen LogP contribution in [0.2, 0.25) is 0 Å². The van der Waals surface area contributed by atoms with Gasteiger partial charge in [-0.2, -0.15) is 0 Å². The normalized spacial score (nSPS) is 16.3. The van der Waals surface area contributed by atoms with Crippen LogP contribution >= 0.6 is 0 Å². The molecular formula is C34H54N4O4. The van der Waals surface area contributed by atoms with Crippen molar-refractivity contribution in [1.29, 1.82) is 0 Å². The van der Waals surface area contributed by atoms with Gasteiger partial charge in [0.15, 0.2) is 0 Å². The fraction of sp³-hybridized carbons (Fsp3) is 0.618. The van der Waals surface area contributed by atoms with Crippen LogP contribution in [0.25, 0.3) is 0 Å². The monoisotopic (exact) mass is 582 g/mol. The van der Waals surface area contributed by atoms with Crippen molar-refractivity contribution in [2.75, 3.05) is 69.3 Å². The van der Waals surface area contributed by atoms with Crippen LogP contribution in [0.5, 0.6) is 11.5 Å². The Morgan fingerprint density at radius 2 is 1.14 bits per heavy atom. The fourth-order valence-electron chi connectivity index (χ4n) is 5.46. The smallest absolute Gasteiger partial charge is 0.407 e. The second-order valence-electron chi connectivity index (χ2n) is 12.2. The van der Waals surface area contributed by atoms with Crippen LogP contribution in [0.4, 0.5) is 16.2 Å². The number of rotatable bonds is 10. The Bertz CT molecular complexity index is 1020. The number of hydrogen-bond acceptors (Lipinski definition) is 7. The Hall–Kier alpha value is -3.13. The third-order valence-corrected chi connectivity index (χ3v) is 7.68. The highest BCUT2D eigenvalue weighted by atomic mass is 16.6. The summed E-state index contributed by atoms with van der Waals surface area (Å²) in [6.07, 6.45) is 4.39. The summed E-state index contributed by atoms with van der Waals surface area (Å²) in [6, 6.07) is 16.8. The fourth-order valence-corrected chi connectivity index (χ4v) is 5.46. The van der Waals surface area contributed by atoms with Crippen LogP contribution in [0.3, 0.4) is 0 Å². The van der Waals surface area contributed by atoms with E-state index in [1.54, 1.807) is 0 Å². The standard InChI is InChI=1S/C19H30N2O3.C15H24N2O/c1-5-23-17-8-6-16(7-9-17)21-12-10-15(11-13-21)14-20-18(22)24-19(2,3)4;1-3-18-15-6-4-14(5-7-15)17-10-8-13(9-11-17)12-16-2/h6-9,15H,5,10-14H2,1-4H3,(H,20,22);4-7,13,16H,3,8-12H2,1-2H3. The first-order chi connectivity index (χ1) is 20.2. The van der Waals surface area contributed by atoms with Crippen LogP contribution in [0, 0.1) is 11.8 Å². The second-order valence-corrected chi connectivity index (χ2v) is 12.2. The molecule has 0 aliphatic carbocycles. The molecule has 0 radical (unpaired) electrons. The van der Waals surface area contributed by atoms with E-state index in [1.807, 2.05) is 53.8 Å². The average molecular weight is 583 g/mol. The molecule has 8 nitrogen and oxygen atoms in total. The molecule has 2 aliphatic rings. The SMILES string of the molecule is CCOc1ccc(N2CCC(CNC(=O)OC(C)(C)C)CC2)cc1.CCOc1ccc(N2CCC(CNC)CC2)cc1. The quantitative estimate of drug-likeness (QED) is 0.338. The van der Waals surface area contributed by atoms with Crippen molar-refractivity contribution < 1.29 is 19.0 Å². The van der Waals surface area contributed by atoms with Crippen LogP contribution in [0.1, 0.15) is 60.3 Å². The molecule has 0 bridgehead atoms. The molecule has 0 atom stereocenters. The first-order valence-corrected chi connectivity index (χ1v) is 15.8. The molecule has 2 aromatic carbocycles. The first-order valence-electron chi connectivity index (χ1n) is 15.8. The van der Waals surface area contributed by atoms with Gasteiger partial charge in [-0.15, -0.1) is 0 Å². The van der Waals surface area contributed by atoms with Gasteiger partial charge in [0, 0.05) is 44.1 Å². The van der Waals surface area contributed by atoms with Crippen molar-refractivity contribution in [3.8, 4) is 11.5 Å². The molecule has 2 heterocycles. The molecule has 0 saturated carbocycles. The lowest BCUT2D eigenvalue weighted by atomic mass is 9.96. The molecule has 0 unspecified atom stereocenters. The third-order valence-electron chi connectivity index (χ3n) is 7.68. The maximum Gasteiger partial charge on any atom is 0.407 e. The van der Waals surface area contributed by atoms with Gasteiger partial charge in [0.2, 0.25) is 0 Å². The van der Waals surface area contributed by atoms with Crippen molar-refractivity contribution >= 4 is 17.5 Å². The van der Waals surface area contributed by atoms with E-state index >= 15 is 0 Å². The molecule has 1 amide bonds. The molecule has 2 aliphatic heterocycles. The zero-order chi connectivity index (χ0) is 30.4. The van der Waals surface area contributed by atoms with Gasteiger partial charge in [-0.25, -0.2) is 4.79 Å². The van der Waals surface area contributed by atoms with E-state index in [0.717, 1.165) is 56.5 Å². The number of amides is 1. The Morgan fingerprint density at radius 1 is 0.738 bits per heavy atom. The summed E-state index contributed by atoms with van der Waals surface area (Å²) in [5, 5.41) is 6.17. The van der Waals surface area contributed by atoms with E-state index in [0.29, 0.717) is 19.1 Å². The number of ether oxygens (including phenoxy) is 3. The third kappa shape index (κ3) is 11.6. The molecule has 2 saturated heterocycles. The lowest BCUT2D eigenvalue weighted by Gasteiger charge is -2.33. The van der Waals surface area contributed by atoms with Gasteiger partial charge < -0.3 is 34.6 Å². The number of benzene rings is 2. The van der Waals surface area contributed by atoms with Crippen LogP contribution in [-0.2, 0) is 4.74 Å². The molecular weight excluding hydrogens is 528 g/mol. The van der Waals surface area contributed by atoms with E-state index < -0.39 is 5.60 Å². The van der Waals surface area contributed by atoms with Gasteiger partial charge in [0.05, 0.1) is 13.2 Å². The zero-order valence-corrected chi connectivity index (χ0v) is 26.8. The molecule has 2 fully saturated rings. The van der Waals surface area contributed by atoms with Crippen molar-refractivity contribution in [2.24, 2.45) is 11.8 Å². The maximum absolute atomic E-state index is 11.7. The van der Waals surface area contributed by atoms with Gasteiger partial charge in [0.1, 0.15) is 17.1 Å². The maximum atomic E-state index is 11.7. The van der Waals surface area contributed by atoms with E-state index in [9.17, 15) is 4.79 Å². The Balaban J connectivity index is 0.000000240. The van der Waals surface area contributed by atoms with Crippen LogP contribution < -0.4 is 29.9 Å². The lowest BCUT2D eigenvalue weighted by molar-refractivity contribution is 0.0517. The summed E-state index contributed by atoms with van der Waals surface area (Å²) in [5.41, 5.74) is 2.11. The van der Waals surface area contributed by atoms with E-state index in [2.05, 4.69) is 56.8 Å². The Labute approximate surface area is 254 Å². The summed E-state index contributed by atoms with van der Waals surface area (Å²) in [5.74, 6) is 3.23. The van der Waals surface area contributed by atoms with Gasteiger partial charge in [0.25, 0.3) is 0 Å². The summed E-state index contributed by atoms with van der Waals surface area (Å²) in [7, 11) is 2.04. The van der Waals surface area contributed by atoms with Gasteiger partial charge in [-0.3, -0.25) is 0 Å². The average Bonchev–Trinajstić information content (AvgIpc) is 2.98. The summed E-state index contributed by atoms with van der Waals surface area (Å²) in [6.45, 7) is 17.2. The lowest BCUT2D eigenvalue weighted by Crippen LogP contribution is -2.40. The van der Waals surface area contributed by atoms with E-state index in [1.165, 1.54) is 37.3 Å². The highest BCUT2D eigenvalue weighted by Gasteiger charge is 2.22. The molecule has 2 N–H and O–H groups in total. The van der Waals surface area contributed by atoms with E-state index in [-0.39, 0.29) is 6.09 Å². The molecule has 0 aromatic heterocycles. The number of nitrogens with one attached hydrogen (secondary N) is 2. The number of alkyl carbamates (subject to hydrolysis) is 1. The number of carbonyl (C=O) groups is 1. The second kappa shape index (κ2) is 17.1.